The molecule has 0 radical (unpaired) electrons. The highest BCUT2D eigenvalue weighted by Gasteiger charge is 2.30. The number of nitrogens with one attached hydrogen (secondary N) is 1. The van der Waals surface area contributed by atoms with Gasteiger partial charge in [-0.1, -0.05) is 13.8 Å². The Hall–Kier alpha value is -2.50. The molecule has 0 aliphatic heterocycles. The molecule has 0 unspecified atom stereocenters. The van der Waals surface area contributed by atoms with Gasteiger partial charge in [0.2, 0.25) is 0 Å². The van der Waals surface area contributed by atoms with Crippen molar-refractivity contribution >= 4 is 11.8 Å². The number of aromatic nitrogens is 3. The van der Waals surface area contributed by atoms with Gasteiger partial charge in [0.05, 0.1) is 0 Å². The van der Waals surface area contributed by atoms with Gasteiger partial charge in [0, 0.05) is 29.2 Å². The minimum absolute atomic E-state index is 0.0660. The summed E-state index contributed by atoms with van der Waals surface area (Å²) in [7, 11) is 0. The molecule has 1 aliphatic rings. The van der Waals surface area contributed by atoms with Gasteiger partial charge in [-0.15, -0.1) is 0 Å². The number of carbonyl (C=O) groups is 1. The van der Waals surface area contributed by atoms with Gasteiger partial charge in [-0.25, -0.2) is 14.8 Å². The first kappa shape index (κ1) is 19.3. The molecule has 1 N–H and O–H groups in total. The third kappa shape index (κ3) is 4.62. The number of esters is 1. The van der Waals surface area contributed by atoms with Crippen LogP contribution in [0.2, 0.25) is 0 Å². The topological polar surface area (TPSA) is 77.0 Å². The fourth-order valence-electron chi connectivity index (χ4n) is 3.19. The van der Waals surface area contributed by atoms with E-state index in [1.54, 1.807) is 12.4 Å². The lowest BCUT2D eigenvalue weighted by molar-refractivity contribution is -0.156. The van der Waals surface area contributed by atoms with Gasteiger partial charge in [-0.05, 0) is 58.1 Å². The lowest BCUT2D eigenvalue weighted by Gasteiger charge is -2.27. The second kappa shape index (κ2) is 7.62. The molecular formula is C21H28N4O2. The van der Waals surface area contributed by atoms with Gasteiger partial charge in [-0.3, -0.25) is 4.98 Å². The monoisotopic (exact) mass is 368 g/mol. The van der Waals surface area contributed by atoms with E-state index in [9.17, 15) is 4.79 Å². The average molecular weight is 368 g/mol. The molecule has 0 aromatic carbocycles. The van der Waals surface area contributed by atoms with Gasteiger partial charge in [-0.2, -0.15) is 0 Å². The smallest absolute Gasteiger partial charge is 0.329 e. The first-order valence-electron chi connectivity index (χ1n) is 9.54. The number of nitrogens with zero attached hydrogens (tertiary/aromatic N) is 3. The predicted octanol–water partition coefficient (Wildman–Crippen LogP) is 3.81. The lowest BCUT2D eigenvalue weighted by Crippen LogP contribution is -2.40. The molecule has 2 aromatic heterocycles. The second-order valence-electron chi connectivity index (χ2n) is 8.31. The second-order valence-corrected chi connectivity index (χ2v) is 8.31. The number of anilines is 1. The standard InChI is InChI=1S/C21H28N4O2/c1-13(2)17(20(26)27-21(3,4)5)24-19-15-7-6-8-16(15)23-18(25-19)14-9-11-22-12-10-14/h9-13,17H,6-8H2,1-5H3,(H,23,24,25)/t17-/m0/s1. The summed E-state index contributed by atoms with van der Waals surface area (Å²) in [6, 6.07) is 3.33. The fraction of sp³-hybridized carbons (Fsp3) is 0.524. The molecular weight excluding hydrogens is 340 g/mol. The maximum atomic E-state index is 12.7. The van der Waals surface area contributed by atoms with Crippen molar-refractivity contribution in [2.24, 2.45) is 5.92 Å². The maximum Gasteiger partial charge on any atom is 0.329 e. The molecule has 0 saturated carbocycles. The summed E-state index contributed by atoms with van der Waals surface area (Å²) in [5.41, 5.74) is 2.57. The number of rotatable bonds is 5. The highest BCUT2D eigenvalue weighted by atomic mass is 16.6. The molecule has 1 aliphatic carbocycles. The van der Waals surface area contributed by atoms with E-state index in [1.165, 1.54) is 0 Å². The molecule has 0 spiro atoms. The van der Waals surface area contributed by atoms with Crippen LogP contribution in [0.25, 0.3) is 11.4 Å². The van der Waals surface area contributed by atoms with Crippen molar-refractivity contribution in [1.82, 2.24) is 15.0 Å². The average Bonchev–Trinajstić information content (AvgIpc) is 3.07. The zero-order valence-corrected chi connectivity index (χ0v) is 16.7. The van der Waals surface area contributed by atoms with E-state index in [-0.39, 0.29) is 11.9 Å². The van der Waals surface area contributed by atoms with Crippen molar-refractivity contribution in [3.8, 4) is 11.4 Å². The summed E-state index contributed by atoms with van der Waals surface area (Å²) in [5, 5.41) is 3.37. The van der Waals surface area contributed by atoms with Crippen LogP contribution in [-0.4, -0.2) is 32.6 Å². The number of ether oxygens (including phenoxy) is 1. The van der Waals surface area contributed by atoms with E-state index >= 15 is 0 Å². The van der Waals surface area contributed by atoms with Crippen LogP contribution in [-0.2, 0) is 22.4 Å². The maximum absolute atomic E-state index is 12.7. The van der Waals surface area contributed by atoms with Crippen molar-refractivity contribution < 1.29 is 9.53 Å². The van der Waals surface area contributed by atoms with E-state index in [1.807, 2.05) is 46.8 Å². The highest BCUT2D eigenvalue weighted by molar-refractivity contribution is 5.80. The molecule has 6 heteroatoms. The van der Waals surface area contributed by atoms with Crippen LogP contribution >= 0.6 is 0 Å². The van der Waals surface area contributed by atoms with Crippen molar-refractivity contribution in [2.75, 3.05) is 5.32 Å². The van der Waals surface area contributed by atoms with Crippen LogP contribution in [0, 0.1) is 5.92 Å². The Kier molecular flexibility index (Phi) is 5.44. The first-order valence-corrected chi connectivity index (χ1v) is 9.54. The largest absolute Gasteiger partial charge is 0.458 e. The number of pyridine rings is 1. The SMILES string of the molecule is CC(C)[C@H](Nc1nc(-c2ccncc2)nc2c1CCC2)C(=O)OC(C)(C)C. The Morgan fingerprint density at radius 1 is 1.15 bits per heavy atom. The Morgan fingerprint density at radius 3 is 2.48 bits per heavy atom. The first-order chi connectivity index (χ1) is 12.7. The van der Waals surface area contributed by atoms with Crippen LogP contribution in [0.4, 0.5) is 5.82 Å². The molecule has 3 rings (SSSR count). The molecule has 144 valence electrons. The minimum atomic E-state index is -0.526. The quantitative estimate of drug-likeness (QED) is 0.809. The minimum Gasteiger partial charge on any atom is -0.458 e. The number of hydrogen-bond acceptors (Lipinski definition) is 6. The molecule has 6 nitrogen and oxygen atoms in total. The van der Waals surface area contributed by atoms with Gasteiger partial charge in [0.1, 0.15) is 17.5 Å². The van der Waals surface area contributed by atoms with E-state index in [2.05, 4.69) is 10.3 Å². The van der Waals surface area contributed by atoms with E-state index < -0.39 is 11.6 Å². The van der Waals surface area contributed by atoms with Gasteiger partial charge in [0.15, 0.2) is 5.82 Å². The summed E-state index contributed by atoms with van der Waals surface area (Å²) in [6.07, 6.45) is 6.38. The summed E-state index contributed by atoms with van der Waals surface area (Å²) >= 11 is 0. The van der Waals surface area contributed by atoms with E-state index in [4.69, 9.17) is 14.7 Å². The summed E-state index contributed by atoms with van der Waals surface area (Å²) in [5.74, 6) is 1.21. The molecule has 27 heavy (non-hydrogen) atoms. The van der Waals surface area contributed by atoms with Gasteiger partial charge >= 0.3 is 5.97 Å². The molecule has 0 amide bonds. The molecule has 2 aromatic rings. The van der Waals surface area contributed by atoms with Crippen LogP contribution < -0.4 is 5.32 Å². The number of carbonyl (C=O) groups excluding carboxylic acids is 1. The van der Waals surface area contributed by atoms with Crippen LogP contribution in [0.3, 0.4) is 0 Å². The summed E-state index contributed by atoms with van der Waals surface area (Å²) < 4.78 is 5.61. The predicted molar refractivity (Wildman–Crippen MR) is 105 cm³/mol. The van der Waals surface area contributed by atoms with E-state index in [0.717, 1.165) is 41.9 Å². The lowest BCUT2D eigenvalue weighted by atomic mass is 10.0. The van der Waals surface area contributed by atoms with E-state index in [0.29, 0.717) is 5.82 Å². The van der Waals surface area contributed by atoms with Gasteiger partial charge in [0.25, 0.3) is 0 Å². The zero-order valence-electron chi connectivity index (χ0n) is 16.7. The summed E-state index contributed by atoms with van der Waals surface area (Å²) in [6.45, 7) is 9.66. The van der Waals surface area contributed by atoms with Crippen molar-refractivity contribution in [3.63, 3.8) is 0 Å². The molecule has 0 saturated heterocycles. The Morgan fingerprint density at radius 2 is 1.85 bits per heavy atom. The van der Waals surface area contributed by atoms with Crippen LogP contribution in [0.15, 0.2) is 24.5 Å². The van der Waals surface area contributed by atoms with Crippen molar-refractivity contribution in [1.29, 1.82) is 0 Å². The Balaban J connectivity index is 1.95. The normalized spacial score (nSPS) is 14.7. The van der Waals surface area contributed by atoms with Gasteiger partial charge < -0.3 is 10.1 Å². The number of aryl methyl sites for hydroxylation is 1. The molecule has 0 bridgehead atoms. The van der Waals surface area contributed by atoms with Crippen LogP contribution in [0.1, 0.15) is 52.3 Å². The van der Waals surface area contributed by atoms with Crippen molar-refractivity contribution in [2.45, 2.75) is 65.5 Å². The number of hydrogen-bond donors (Lipinski definition) is 1. The molecule has 1 atom stereocenters. The third-order valence-corrected chi connectivity index (χ3v) is 4.49. The molecule has 2 heterocycles. The highest BCUT2D eigenvalue weighted by Crippen LogP contribution is 2.30. The Bertz CT molecular complexity index is 813. The number of fused-ring (bicyclic) bond motifs is 1. The third-order valence-electron chi connectivity index (χ3n) is 4.49. The van der Waals surface area contributed by atoms with Crippen molar-refractivity contribution in [3.05, 3.63) is 35.8 Å². The molecule has 0 fully saturated rings. The van der Waals surface area contributed by atoms with Crippen LogP contribution in [0.5, 0.6) is 0 Å². The fourth-order valence-corrected chi connectivity index (χ4v) is 3.19. The Labute approximate surface area is 160 Å². The summed E-state index contributed by atoms with van der Waals surface area (Å²) in [4.78, 5) is 26.3. The zero-order chi connectivity index (χ0) is 19.6.